The first kappa shape index (κ1) is 16.3. The van der Waals surface area contributed by atoms with Gasteiger partial charge < -0.3 is 9.84 Å². The zero-order valence-corrected chi connectivity index (χ0v) is 13.6. The van der Waals surface area contributed by atoms with Gasteiger partial charge in [-0.3, -0.25) is 0 Å². The van der Waals surface area contributed by atoms with Crippen molar-refractivity contribution in [1.82, 2.24) is 4.31 Å². The molecule has 1 N–H and O–H groups in total. The average molecular weight is 313 g/mol. The van der Waals surface area contributed by atoms with Crippen LogP contribution in [-0.2, 0) is 10.0 Å². The fourth-order valence-corrected chi connectivity index (χ4v) is 4.03. The van der Waals surface area contributed by atoms with E-state index in [4.69, 9.17) is 9.84 Å². The second-order valence-electron chi connectivity index (χ2n) is 5.66. The lowest BCUT2D eigenvalue weighted by Gasteiger charge is -2.21. The number of aliphatic hydroxyl groups is 1. The Kier molecular flexibility index (Phi) is 4.91. The summed E-state index contributed by atoms with van der Waals surface area (Å²) in [5, 5.41) is 9.10. The van der Waals surface area contributed by atoms with E-state index in [9.17, 15) is 8.42 Å². The van der Waals surface area contributed by atoms with Crippen LogP contribution in [-0.4, -0.2) is 43.1 Å². The van der Waals surface area contributed by atoms with Crippen molar-refractivity contribution in [1.29, 1.82) is 0 Å². The normalized spacial score (nSPS) is 15.7. The Morgan fingerprint density at radius 3 is 2.52 bits per heavy atom. The van der Waals surface area contributed by atoms with Crippen LogP contribution < -0.4 is 4.74 Å². The Balaban J connectivity index is 2.29. The van der Waals surface area contributed by atoms with Crippen LogP contribution >= 0.6 is 0 Å². The van der Waals surface area contributed by atoms with E-state index in [-0.39, 0.29) is 30.2 Å². The number of benzene rings is 1. The molecular weight excluding hydrogens is 290 g/mol. The lowest BCUT2D eigenvalue weighted by molar-refractivity contribution is 0.240. The first-order valence-corrected chi connectivity index (χ1v) is 8.70. The SMILES string of the molecule is Cc1cc(S(=O)(=O)N(CCO)C2CC2)ccc1OC(C)C. The predicted molar refractivity (Wildman–Crippen MR) is 80.9 cm³/mol. The quantitative estimate of drug-likeness (QED) is 0.835. The Morgan fingerprint density at radius 2 is 2.05 bits per heavy atom. The van der Waals surface area contributed by atoms with Crippen LogP contribution in [0.25, 0.3) is 0 Å². The van der Waals surface area contributed by atoms with Crippen molar-refractivity contribution in [2.24, 2.45) is 0 Å². The monoisotopic (exact) mass is 313 g/mol. The number of rotatable bonds is 7. The van der Waals surface area contributed by atoms with Gasteiger partial charge in [-0.05, 0) is 57.4 Å². The molecule has 5 nitrogen and oxygen atoms in total. The largest absolute Gasteiger partial charge is 0.491 e. The molecule has 0 unspecified atom stereocenters. The van der Waals surface area contributed by atoms with Crippen molar-refractivity contribution in [3.8, 4) is 5.75 Å². The van der Waals surface area contributed by atoms with Crippen LogP contribution in [0.3, 0.4) is 0 Å². The summed E-state index contributed by atoms with van der Waals surface area (Å²) in [5.41, 5.74) is 0.796. The van der Waals surface area contributed by atoms with Crippen molar-refractivity contribution in [2.45, 2.75) is 50.7 Å². The summed E-state index contributed by atoms with van der Waals surface area (Å²) in [6.45, 7) is 5.68. The summed E-state index contributed by atoms with van der Waals surface area (Å²) < 4.78 is 32.4. The van der Waals surface area contributed by atoms with E-state index in [0.717, 1.165) is 18.4 Å². The summed E-state index contributed by atoms with van der Waals surface area (Å²) in [7, 11) is -3.55. The molecule has 118 valence electrons. The van der Waals surface area contributed by atoms with E-state index in [1.54, 1.807) is 18.2 Å². The van der Waals surface area contributed by atoms with Gasteiger partial charge in [-0.1, -0.05) is 0 Å². The Labute approximate surface area is 126 Å². The van der Waals surface area contributed by atoms with Crippen molar-refractivity contribution in [3.63, 3.8) is 0 Å². The van der Waals surface area contributed by atoms with Gasteiger partial charge in [0.15, 0.2) is 0 Å². The maximum absolute atomic E-state index is 12.7. The second kappa shape index (κ2) is 6.34. The molecule has 0 radical (unpaired) electrons. The summed E-state index contributed by atoms with van der Waals surface area (Å²) in [6, 6.07) is 4.95. The Morgan fingerprint density at radius 1 is 1.38 bits per heavy atom. The summed E-state index contributed by atoms with van der Waals surface area (Å²) in [6.07, 6.45) is 1.78. The van der Waals surface area contributed by atoms with Crippen LogP contribution in [0.15, 0.2) is 23.1 Å². The topological polar surface area (TPSA) is 66.8 Å². The molecule has 1 aliphatic carbocycles. The number of aryl methyl sites for hydroxylation is 1. The van der Waals surface area contributed by atoms with Crippen LogP contribution in [0.2, 0.25) is 0 Å². The fraction of sp³-hybridized carbons (Fsp3) is 0.600. The molecule has 0 aliphatic heterocycles. The number of hydrogen-bond donors (Lipinski definition) is 1. The third-order valence-electron chi connectivity index (χ3n) is 3.39. The van der Waals surface area contributed by atoms with Crippen LogP contribution in [0, 0.1) is 6.92 Å². The predicted octanol–water partition coefficient (Wildman–Crippen LogP) is 1.93. The Hall–Kier alpha value is -1.11. The standard InChI is InChI=1S/C15H23NO4S/c1-11(2)20-15-7-6-14(10-12(15)3)21(18,19)16(8-9-17)13-4-5-13/h6-7,10-11,13,17H,4-5,8-9H2,1-3H3. The van der Waals surface area contributed by atoms with Gasteiger partial charge in [0.2, 0.25) is 10.0 Å². The van der Waals surface area contributed by atoms with Gasteiger partial charge >= 0.3 is 0 Å². The van der Waals surface area contributed by atoms with Crippen LogP contribution in [0.4, 0.5) is 0 Å². The molecule has 1 aromatic carbocycles. The summed E-state index contributed by atoms with van der Waals surface area (Å²) >= 11 is 0. The number of nitrogens with zero attached hydrogens (tertiary/aromatic N) is 1. The molecule has 1 fully saturated rings. The molecule has 0 heterocycles. The minimum absolute atomic E-state index is 0.0362. The van der Waals surface area contributed by atoms with E-state index >= 15 is 0 Å². The van der Waals surface area contributed by atoms with Crippen molar-refractivity contribution in [3.05, 3.63) is 23.8 Å². The van der Waals surface area contributed by atoms with Crippen molar-refractivity contribution in [2.75, 3.05) is 13.2 Å². The van der Waals surface area contributed by atoms with E-state index in [2.05, 4.69) is 0 Å². The van der Waals surface area contributed by atoms with Crippen molar-refractivity contribution < 1.29 is 18.3 Å². The number of hydrogen-bond acceptors (Lipinski definition) is 4. The summed E-state index contributed by atoms with van der Waals surface area (Å²) in [4.78, 5) is 0.261. The molecule has 0 spiro atoms. The third kappa shape index (κ3) is 3.75. The van der Waals surface area contributed by atoms with Gasteiger partial charge in [-0.2, -0.15) is 4.31 Å². The molecule has 1 saturated carbocycles. The van der Waals surface area contributed by atoms with Gasteiger partial charge in [0.05, 0.1) is 17.6 Å². The highest BCUT2D eigenvalue weighted by Crippen LogP contribution is 2.33. The average Bonchev–Trinajstić information content (AvgIpc) is 3.21. The van der Waals surface area contributed by atoms with Crippen molar-refractivity contribution >= 4 is 10.0 Å². The lowest BCUT2D eigenvalue weighted by Crippen LogP contribution is -2.35. The van der Waals surface area contributed by atoms with E-state index in [0.29, 0.717) is 5.75 Å². The van der Waals surface area contributed by atoms with E-state index in [1.165, 1.54) is 4.31 Å². The van der Waals surface area contributed by atoms with Crippen LogP contribution in [0.1, 0.15) is 32.3 Å². The molecule has 0 aromatic heterocycles. The smallest absolute Gasteiger partial charge is 0.243 e. The molecule has 1 aromatic rings. The molecule has 1 aliphatic rings. The third-order valence-corrected chi connectivity index (χ3v) is 5.34. The van der Waals surface area contributed by atoms with Gasteiger partial charge in [0.25, 0.3) is 0 Å². The van der Waals surface area contributed by atoms with Crippen LogP contribution in [0.5, 0.6) is 5.75 Å². The molecule has 2 rings (SSSR count). The molecule has 0 saturated heterocycles. The van der Waals surface area contributed by atoms with Gasteiger partial charge in [-0.25, -0.2) is 8.42 Å². The van der Waals surface area contributed by atoms with Gasteiger partial charge in [0.1, 0.15) is 5.75 Å². The highest BCUT2D eigenvalue weighted by atomic mass is 32.2. The first-order chi connectivity index (χ1) is 9.86. The zero-order chi connectivity index (χ0) is 15.6. The molecule has 6 heteroatoms. The highest BCUT2D eigenvalue weighted by molar-refractivity contribution is 7.89. The molecule has 0 atom stereocenters. The zero-order valence-electron chi connectivity index (χ0n) is 12.7. The maximum atomic E-state index is 12.7. The van der Waals surface area contributed by atoms with E-state index < -0.39 is 10.0 Å². The number of aliphatic hydroxyl groups excluding tert-OH is 1. The molecule has 0 amide bonds. The number of sulfonamides is 1. The molecule has 21 heavy (non-hydrogen) atoms. The van der Waals surface area contributed by atoms with Gasteiger partial charge in [-0.15, -0.1) is 0 Å². The highest BCUT2D eigenvalue weighted by Gasteiger charge is 2.37. The Bertz CT molecular complexity index is 594. The minimum atomic E-state index is -3.55. The minimum Gasteiger partial charge on any atom is -0.491 e. The summed E-state index contributed by atoms with van der Waals surface area (Å²) in [5.74, 6) is 0.698. The lowest BCUT2D eigenvalue weighted by atomic mass is 10.2. The fourth-order valence-electron chi connectivity index (χ4n) is 2.26. The molecular formula is C15H23NO4S. The maximum Gasteiger partial charge on any atom is 0.243 e. The second-order valence-corrected chi connectivity index (χ2v) is 7.56. The van der Waals surface area contributed by atoms with Gasteiger partial charge in [0, 0.05) is 12.6 Å². The van der Waals surface area contributed by atoms with E-state index in [1.807, 2.05) is 20.8 Å². The first-order valence-electron chi connectivity index (χ1n) is 7.26. The number of ether oxygens (including phenoxy) is 1. The molecule has 0 bridgehead atoms.